The van der Waals surface area contributed by atoms with E-state index in [9.17, 15) is 5.26 Å². The lowest BCUT2D eigenvalue weighted by Crippen LogP contribution is -2.18. The highest BCUT2D eigenvalue weighted by atomic mass is 14.9. The normalized spacial score (nSPS) is 16.9. The zero-order chi connectivity index (χ0) is 15.7. The lowest BCUT2D eigenvalue weighted by atomic mass is 9.80. The van der Waals surface area contributed by atoms with Crippen molar-refractivity contribution >= 4 is 5.82 Å². The molecule has 112 valence electrons. The third kappa shape index (κ3) is 2.35. The Bertz CT molecular complexity index is 756. The van der Waals surface area contributed by atoms with Crippen LogP contribution in [0.5, 0.6) is 0 Å². The first-order chi connectivity index (χ1) is 10.7. The van der Waals surface area contributed by atoms with Gasteiger partial charge in [0.25, 0.3) is 0 Å². The van der Waals surface area contributed by atoms with E-state index >= 15 is 0 Å². The van der Waals surface area contributed by atoms with Crippen molar-refractivity contribution in [2.45, 2.75) is 39.5 Å². The van der Waals surface area contributed by atoms with Gasteiger partial charge in [-0.15, -0.1) is 0 Å². The molecule has 2 N–H and O–H groups in total. The van der Waals surface area contributed by atoms with E-state index in [2.05, 4.69) is 37.0 Å². The minimum absolute atomic E-state index is 0.370. The first-order valence-electron chi connectivity index (χ1n) is 7.93. The molecule has 0 saturated carbocycles. The van der Waals surface area contributed by atoms with Crippen molar-refractivity contribution in [3.63, 3.8) is 0 Å². The number of rotatable bonds is 2. The minimum atomic E-state index is 0.370. The predicted octanol–water partition coefficient (Wildman–Crippen LogP) is 4.03. The topological polar surface area (TPSA) is 62.7 Å². The Morgan fingerprint density at radius 1 is 1.36 bits per heavy atom. The van der Waals surface area contributed by atoms with Crippen molar-refractivity contribution in [3.8, 4) is 17.2 Å². The Morgan fingerprint density at radius 3 is 2.82 bits per heavy atom. The average molecular weight is 291 g/mol. The lowest BCUT2D eigenvalue weighted by Gasteiger charge is -2.27. The summed E-state index contributed by atoms with van der Waals surface area (Å²) in [5, 5.41) is 9.61. The molecule has 1 unspecified atom stereocenters. The molecule has 3 heteroatoms. The first-order valence-corrected chi connectivity index (χ1v) is 7.93. The van der Waals surface area contributed by atoms with Gasteiger partial charge in [-0.25, -0.2) is 4.98 Å². The number of hydrogen-bond donors (Lipinski definition) is 1. The number of nitrogen functional groups attached to an aromatic ring is 1. The van der Waals surface area contributed by atoms with Gasteiger partial charge in [0.05, 0.1) is 0 Å². The van der Waals surface area contributed by atoms with Gasteiger partial charge in [-0.3, -0.25) is 0 Å². The van der Waals surface area contributed by atoms with Crippen molar-refractivity contribution in [1.29, 1.82) is 5.26 Å². The Hall–Kier alpha value is -2.34. The van der Waals surface area contributed by atoms with E-state index < -0.39 is 0 Å². The Kier molecular flexibility index (Phi) is 3.85. The zero-order valence-corrected chi connectivity index (χ0v) is 13.2. The molecular formula is C19H21N3. The summed E-state index contributed by atoms with van der Waals surface area (Å²) in [6, 6.07) is 10.5. The molecule has 1 aromatic carbocycles. The van der Waals surface area contributed by atoms with Crippen molar-refractivity contribution in [2.75, 3.05) is 5.73 Å². The number of anilines is 1. The second kappa shape index (κ2) is 5.81. The number of aromatic nitrogens is 1. The highest BCUT2D eigenvalue weighted by Crippen LogP contribution is 2.39. The number of nitrogens with two attached hydrogens (primary N) is 1. The van der Waals surface area contributed by atoms with Crippen LogP contribution in [0.2, 0.25) is 0 Å². The fraction of sp³-hybridized carbons (Fsp3) is 0.368. The number of hydrogen-bond acceptors (Lipinski definition) is 3. The van der Waals surface area contributed by atoms with Gasteiger partial charge in [0.1, 0.15) is 17.5 Å². The monoisotopic (exact) mass is 291 g/mol. The maximum absolute atomic E-state index is 9.61. The predicted molar refractivity (Wildman–Crippen MR) is 89.3 cm³/mol. The molecule has 0 aliphatic heterocycles. The van der Waals surface area contributed by atoms with Gasteiger partial charge in [-0.05, 0) is 48.8 Å². The van der Waals surface area contributed by atoms with Crippen LogP contribution in [0.4, 0.5) is 5.82 Å². The molecule has 1 aromatic heterocycles. The smallest absolute Gasteiger partial charge is 0.142 e. The molecule has 0 spiro atoms. The molecule has 1 atom stereocenters. The number of fused-ring (bicyclic) bond motifs is 1. The van der Waals surface area contributed by atoms with Gasteiger partial charge in [-0.2, -0.15) is 5.26 Å². The number of aryl methyl sites for hydroxylation is 2. The average Bonchev–Trinajstić information content (AvgIpc) is 2.54. The van der Waals surface area contributed by atoms with Gasteiger partial charge in [0.15, 0.2) is 0 Å². The standard InChI is InChI=1S/C19H21N3/c1-3-13-8-9-17-15(10-13)18(16(11-20)19(21)22-17)14-7-5-4-6-12(14)2/h4-7,13H,3,8-10H2,1-2H3,(H2,21,22). The van der Waals surface area contributed by atoms with Crippen LogP contribution in [0.25, 0.3) is 11.1 Å². The highest BCUT2D eigenvalue weighted by Gasteiger charge is 2.26. The molecular weight excluding hydrogens is 270 g/mol. The second-order valence-corrected chi connectivity index (χ2v) is 6.12. The molecule has 1 heterocycles. The fourth-order valence-corrected chi connectivity index (χ4v) is 3.46. The van der Waals surface area contributed by atoms with E-state index in [0.717, 1.165) is 36.1 Å². The van der Waals surface area contributed by atoms with Crippen LogP contribution in [-0.2, 0) is 12.8 Å². The van der Waals surface area contributed by atoms with E-state index in [-0.39, 0.29) is 0 Å². The molecule has 22 heavy (non-hydrogen) atoms. The summed E-state index contributed by atoms with van der Waals surface area (Å²) in [7, 11) is 0. The summed E-state index contributed by atoms with van der Waals surface area (Å²) >= 11 is 0. The van der Waals surface area contributed by atoms with Gasteiger partial charge in [0.2, 0.25) is 0 Å². The van der Waals surface area contributed by atoms with Crippen molar-refractivity contribution in [2.24, 2.45) is 5.92 Å². The van der Waals surface area contributed by atoms with Gasteiger partial charge < -0.3 is 5.73 Å². The largest absolute Gasteiger partial charge is 0.383 e. The molecule has 0 radical (unpaired) electrons. The van der Waals surface area contributed by atoms with E-state index in [1.807, 2.05) is 12.1 Å². The maximum Gasteiger partial charge on any atom is 0.142 e. The van der Waals surface area contributed by atoms with Crippen molar-refractivity contribution in [3.05, 3.63) is 46.6 Å². The number of benzene rings is 1. The van der Waals surface area contributed by atoms with Crippen molar-refractivity contribution < 1.29 is 0 Å². The van der Waals surface area contributed by atoms with Crippen LogP contribution < -0.4 is 5.73 Å². The molecule has 3 nitrogen and oxygen atoms in total. The van der Waals surface area contributed by atoms with Crippen LogP contribution in [0.15, 0.2) is 24.3 Å². The molecule has 2 aromatic rings. The number of nitriles is 1. The summed E-state index contributed by atoms with van der Waals surface area (Å²) < 4.78 is 0. The van der Waals surface area contributed by atoms with E-state index in [0.29, 0.717) is 17.3 Å². The third-order valence-corrected chi connectivity index (χ3v) is 4.80. The Labute approximate surface area is 131 Å². The summed E-state index contributed by atoms with van der Waals surface area (Å²) in [4.78, 5) is 4.52. The summed E-state index contributed by atoms with van der Waals surface area (Å²) in [6.45, 7) is 4.32. The molecule has 0 amide bonds. The lowest BCUT2D eigenvalue weighted by molar-refractivity contribution is 0.440. The number of pyridine rings is 1. The van der Waals surface area contributed by atoms with Crippen LogP contribution in [0.3, 0.4) is 0 Å². The minimum Gasteiger partial charge on any atom is -0.383 e. The van der Waals surface area contributed by atoms with Gasteiger partial charge in [0, 0.05) is 11.3 Å². The Balaban J connectivity index is 2.30. The molecule has 0 fully saturated rings. The second-order valence-electron chi connectivity index (χ2n) is 6.12. The molecule has 3 rings (SSSR count). The van der Waals surface area contributed by atoms with E-state index in [4.69, 9.17) is 5.73 Å². The number of nitrogens with zero attached hydrogens (tertiary/aromatic N) is 2. The van der Waals surface area contributed by atoms with Crippen LogP contribution >= 0.6 is 0 Å². The quantitative estimate of drug-likeness (QED) is 0.908. The maximum atomic E-state index is 9.61. The van der Waals surface area contributed by atoms with E-state index in [1.165, 1.54) is 17.5 Å². The van der Waals surface area contributed by atoms with Crippen molar-refractivity contribution in [1.82, 2.24) is 4.98 Å². The van der Waals surface area contributed by atoms with Crippen LogP contribution in [0, 0.1) is 24.2 Å². The summed E-state index contributed by atoms with van der Waals surface area (Å²) in [5.41, 5.74) is 12.2. The SMILES string of the molecule is CCC1CCc2nc(N)c(C#N)c(-c3ccccc3C)c2C1. The Morgan fingerprint density at radius 2 is 2.14 bits per heavy atom. The first kappa shape index (κ1) is 14.6. The molecule has 1 aliphatic rings. The molecule has 0 saturated heterocycles. The summed E-state index contributed by atoms with van der Waals surface area (Å²) in [5.74, 6) is 1.04. The van der Waals surface area contributed by atoms with Gasteiger partial charge in [-0.1, -0.05) is 37.6 Å². The fourth-order valence-electron chi connectivity index (χ4n) is 3.46. The van der Waals surface area contributed by atoms with Crippen LogP contribution in [0.1, 0.15) is 42.1 Å². The zero-order valence-electron chi connectivity index (χ0n) is 13.2. The van der Waals surface area contributed by atoms with E-state index in [1.54, 1.807) is 0 Å². The molecule has 0 bridgehead atoms. The van der Waals surface area contributed by atoms with Crippen LogP contribution in [-0.4, -0.2) is 4.98 Å². The summed E-state index contributed by atoms with van der Waals surface area (Å²) in [6.07, 6.45) is 4.29. The third-order valence-electron chi connectivity index (χ3n) is 4.80. The highest BCUT2D eigenvalue weighted by molar-refractivity contribution is 5.81. The molecule has 1 aliphatic carbocycles. The van der Waals surface area contributed by atoms with Gasteiger partial charge >= 0.3 is 0 Å².